The van der Waals surface area contributed by atoms with E-state index in [0.29, 0.717) is 16.5 Å². The van der Waals surface area contributed by atoms with E-state index in [2.05, 4.69) is 19.9 Å². The molecule has 2 rings (SSSR count). The Morgan fingerprint density at radius 2 is 1.81 bits per heavy atom. The van der Waals surface area contributed by atoms with Crippen LogP contribution in [0.4, 0.5) is 5.69 Å². The maximum absolute atomic E-state index is 13.6. The fraction of sp³-hybridized carbons (Fsp3) is 0.538. The maximum Gasteiger partial charge on any atom is 0.350 e. The second kappa shape index (κ2) is 12.2. The number of carbonyl (C=O) groups is 2. The van der Waals surface area contributed by atoms with E-state index in [9.17, 15) is 14.7 Å². The van der Waals surface area contributed by atoms with Gasteiger partial charge < -0.3 is 14.7 Å². The Kier molecular flexibility index (Phi) is 9.91. The van der Waals surface area contributed by atoms with Crippen LogP contribution in [0.25, 0.3) is 5.57 Å². The molecule has 0 fully saturated rings. The summed E-state index contributed by atoms with van der Waals surface area (Å²) in [5.41, 5.74) is 1.80. The van der Waals surface area contributed by atoms with E-state index in [1.54, 1.807) is 24.0 Å². The minimum atomic E-state index is -0.627. The Bertz CT molecular complexity index is 878. The number of anilines is 1. The lowest BCUT2D eigenvalue weighted by atomic mass is 9.98. The molecule has 3 unspecified atom stereocenters. The smallest absolute Gasteiger partial charge is 0.350 e. The Labute approximate surface area is 196 Å². The van der Waals surface area contributed by atoms with Crippen LogP contribution in [0.3, 0.4) is 0 Å². The first kappa shape index (κ1) is 26.1. The molecule has 0 aromatic carbocycles. The number of esters is 1. The summed E-state index contributed by atoms with van der Waals surface area (Å²) < 4.78 is 5.07. The first-order valence-electron chi connectivity index (χ1n) is 11.4. The average molecular weight is 460 g/mol. The van der Waals surface area contributed by atoms with Gasteiger partial charge in [0.05, 0.1) is 30.9 Å². The van der Waals surface area contributed by atoms with E-state index in [1.807, 2.05) is 32.1 Å². The minimum absolute atomic E-state index is 0.100. The molecule has 0 saturated heterocycles. The van der Waals surface area contributed by atoms with E-state index < -0.39 is 12.1 Å². The zero-order valence-electron chi connectivity index (χ0n) is 20.1. The number of nitrogens with zero attached hydrogens (tertiary/aromatic N) is 1. The van der Waals surface area contributed by atoms with E-state index in [0.717, 1.165) is 24.1 Å². The van der Waals surface area contributed by atoms with E-state index in [4.69, 9.17) is 4.74 Å². The molecule has 1 aromatic heterocycles. The van der Waals surface area contributed by atoms with Gasteiger partial charge in [-0.3, -0.25) is 4.79 Å². The molecular formula is C26H37NO4S. The van der Waals surface area contributed by atoms with Gasteiger partial charge in [0.1, 0.15) is 4.88 Å². The lowest BCUT2D eigenvalue weighted by molar-refractivity contribution is -0.120. The van der Waals surface area contributed by atoms with Gasteiger partial charge in [-0.2, -0.15) is 0 Å². The van der Waals surface area contributed by atoms with Gasteiger partial charge in [0.2, 0.25) is 5.91 Å². The summed E-state index contributed by atoms with van der Waals surface area (Å²) in [7, 11) is 1.36. The van der Waals surface area contributed by atoms with Crippen LogP contribution in [0.5, 0.6) is 0 Å². The summed E-state index contributed by atoms with van der Waals surface area (Å²) in [6.07, 6.45) is 13.3. The fourth-order valence-electron chi connectivity index (χ4n) is 3.66. The average Bonchev–Trinajstić information content (AvgIpc) is 3.21. The number of methoxy groups -OCH3 is 1. The zero-order valence-corrected chi connectivity index (χ0v) is 20.9. The van der Waals surface area contributed by atoms with Crippen LogP contribution < -0.4 is 4.90 Å². The van der Waals surface area contributed by atoms with Crippen LogP contribution >= 0.6 is 11.3 Å². The monoisotopic (exact) mass is 459 g/mol. The molecule has 176 valence electrons. The second-order valence-corrected chi connectivity index (χ2v) is 9.84. The number of hydrogen-bond acceptors (Lipinski definition) is 5. The molecule has 0 radical (unpaired) electrons. The lowest BCUT2D eigenvalue weighted by Gasteiger charge is -2.29. The molecule has 32 heavy (non-hydrogen) atoms. The van der Waals surface area contributed by atoms with Gasteiger partial charge in [-0.1, -0.05) is 51.2 Å². The number of aliphatic hydroxyl groups is 1. The molecule has 0 aliphatic heterocycles. The van der Waals surface area contributed by atoms with Gasteiger partial charge in [-0.15, -0.1) is 11.3 Å². The van der Waals surface area contributed by atoms with Crippen LogP contribution in [0.1, 0.15) is 74.9 Å². The summed E-state index contributed by atoms with van der Waals surface area (Å²) in [5, 5.41) is 9.72. The summed E-state index contributed by atoms with van der Waals surface area (Å²) in [6, 6.07) is 1.61. The molecule has 0 saturated carbocycles. The highest BCUT2D eigenvalue weighted by Gasteiger charge is 2.31. The van der Waals surface area contributed by atoms with Gasteiger partial charge in [-0.25, -0.2) is 4.79 Å². The number of carbonyl (C=O) groups excluding carboxylic acids is 2. The van der Waals surface area contributed by atoms with Crippen molar-refractivity contribution >= 4 is 34.5 Å². The van der Waals surface area contributed by atoms with Crippen LogP contribution in [-0.4, -0.2) is 36.2 Å². The third-order valence-electron chi connectivity index (χ3n) is 5.44. The quantitative estimate of drug-likeness (QED) is 0.363. The van der Waals surface area contributed by atoms with Crippen molar-refractivity contribution in [1.29, 1.82) is 0 Å². The predicted octanol–water partition coefficient (Wildman–Crippen LogP) is 6.00. The number of allylic oxidation sites excluding steroid dienone is 3. The lowest BCUT2D eigenvalue weighted by Crippen LogP contribution is -2.41. The van der Waals surface area contributed by atoms with Crippen molar-refractivity contribution in [2.24, 2.45) is 11.8 Å². The number of aliphatic hydroxyl groups excluding tert-OH is 1. The largest absolute Gasteiger partial charge is 0.465 e. The number of rotatable bonds is 9. The van der Waals surface area contributed by atoms with Crippen molar-refractivity contribution in [3.8, 4) is 0 Å². The molecule has 1 amide bonds. The SMILES string of the molecule is COC(=O)c1sc(C2=CCCCC2)cc1N(C(=O)C(C)/C=C/C(C)C)C(C)/C=C/C(C)O. The third kappa shape index (κ3) is 6.91. The summed E-state index contributed by atoms with van der Waals surface area (Å²) >= 11 is 1.39. The van der Waals surface area contributed by atoms with Gasteiger partial charge in [0.15, 0.2) is 0 Å². The Balaban J connectivity index is 2.57. The van der Waals surface area contributed by atoms with Crippen molar-refractivity contribution in [2.45, 2.75) is 72.4 Å². The van der Waals surface area contributed by atoms with Crippen LogP contribution in [0, 0.1) is 11.8 Å². The molecule has 0 bridgehead atoms. The number of hydrogen-bond donors (Lipinski definition) is 1. The molecule has 1 N–H and O–H groups in total. The number of thiophene rings is 1. The standard InChI is InChI=1S/C26H37NO4S/c1-17(2)12-13-18(3)25(29)27(19(4)14-15-20(5)28)22-16-23(21-10-8-7-9-11-21)32-24(22)26(30)31-6/h10,12-20,28H,7-9,11H2,1-6H3/b13-12+,15-14+. The highest BCUT2D eigenvalue weighted by molar-refractivity contribution is 7.15. The molecule has 3 atom stereocenters. The maximum atomic E-state index is 13.6. The van der Waals surface area contributed by atoms with Crippen LogP contribution in [-0.2, 0) is 9.53 Å². The summed E-state index contributed by atoms with van der Waals surface area (Å²) in [4.78, 5) is 29.4. The van der Waals surface area contributed by atoms with E-state index >= 15 is 0 Å². The molecular weight excluding hydrogens is 422 g/mol. The van der Waals surface area contributed by atoms with Crippen molar-refractivity contribution < 1.29 is 19.4 Å². The van der Waals surface area contributed by atoms with Crippen molar-refractivity contribution in [3.63, 3.8) is 0 Å². The van der Waals surface area contributed by atoms with Crippen LogP contribution in [0.2, 0.25) is 0 Å². The van der Waals surface area contributed by atoms with E-state index in [-0.39, 0.29) is 17.9 Å². The molecule has 5 nitrogen and oxygen atoms in total. The number of ether oxygens (including phenoxy) is 1. The Morgan fingerprint density at radius 3 is 2.38 bits per heavy atom. The van der Waals surface area contributed by atoms with Crippen molar-refractivity contribution in [1.82, 2.24) is 0 Å². The van der Waals surface area contributed by atoms with Gasteiger partial charge in [0.25, 0.3) is 0 Å². The summed E-state index contributed by atoms with van der Waals surface area (Å²) in [6.45, 7) is 9.57. The third-order valence-corrected chi connectivity index (χ3v) is 6.62. The molecule has 0 spiro atoms. The van der Waals surface area contributed by atoms with Gasteiger partial charge >= 0.3 is 5.97 Å². The van der Waals surface area contributed by atoms with Crippen molar-refractivity contribution in [3.05, 3.63) is 46.2 Å². The molecule has 1 aliphatic carbocycles. The Morgan fingerprint density at radius 1 is 1.09 bits per heavy atom. The second-order valence-electron chi connectivity index (χ2n) is 8.78. The number of amides is 1. The zero-order chi connectivity index (χ0) is 23.8. The van der Waals surface area contributed by atoms with Gasteiger partial charge in [-0.05, 0) is 57.1 Å². The Hall–Kier alpha value is -2.18. The summed E-state index contributed by atoms with van der Waals surface area (Å²) in [5.74, 6) is -0.565. The van der Waals surface area contributed by atoms with E-state index in [1.165, 1.54) is 30.4 Å². The highest BCUT2D eigenvalue weighted by Crippen LogP contribution is 2.39. The molecule has 1 aromatic rings. The first-order chi connectivity index (χ1) is 15.1. The van der Waals surface area contributed by atoms with Gasteiger partial charge in [0, 0.05) is 4.88 Å². The minimum Gasteiger partial charge on any atom is -0.465 e. The molecule has 1 aliphatic rings. The van der Waals surface area contributed by atoms with Crippen molar-refractivity contribution in [2.75, 3.05) is 12.0 Å². The van der Waals surface area contributed by atoms with Crippen LogP contribution in [0.15, 0.2) is 36.4 Å². The highest BCUT2D eigenvalue weighted by atomic mass is 32.1. The first-order valence-corrected chi connectivity index (χ1v) is 12.3. The normalized spacial score (nSPS) is 17.4. The molecule has 6 heteroatoms. The topological polar surface area (TPSA) is 66.8 Å². The molecule has 1 heterocycles. The fourth-order valence-corrected chi connectivity index (χ4v) is 4.79. The predicted molar refractivity (Wildman–Crippen MR) is 133 cm³/mol.